The third-order valence-electron chi connectivity index (χ3n) is 3.99. The van der Waals surface area contributed by atoms with Crippen LogP contribution in [0, 0.1) is 0 Å². The van der Waals surface area contributed by atoms with Gasteiger partial charge in [0.2, 0.25) is 0 Å². The maximum absolute atomic E-state index is 12.2. The van der Waals surface area contributed by atoms with Gasteiger partial charge in [-0.25, -0.2) is 9.59 Å². The number of nitrogens with zero attached hydrogens (tertiary/aromatic N) is 1. The smallest absolute Gasteiger partial charge is 0.329 e. The first-order valence-electron chi connectivity index (χ1n) is 6.90. The highest BCUT2D eigenvalue weighted by molar-refractivity contribution is 7.07. The van der Waals surface area contributed by atoms with Gasteiger partial charge in [0, 0.05) is 13.1 Å². The zero-order valence-electron chi connectivity index (χ0n) is 11.6. The lowest BCUT2D eigenvalue weighted by atomic mass is 9.93. The zero-order valence-corrected chi connectivity index (χ0v) is 12.4. The van der Waals surface area contributed by atoms with Crippen LogP contribution in [0.3, 0.4) is 0 Å². The molecule has 1 unspecified atom stereocenters. The molecule has 1 aliphatic heterocycles. The summed E-state index contributed by atoms with van der Waals surface area (Å²) in [5.74, 6) is -0.898. The Hall–Kier alpha value is -1.56. The molecule has 5 nitrogen and oxygen atoms in total. The molecule has 0 radical (unpaired) electrons. The minimum Gasteiger partial charge on any atom is -0.479 e. The summed E-state index contributed by atoms with van der Waals surface area (Å²) in [6.45, 7) is 2.88. The van der Waals surface area contributed by atoms with Crippen molar-refractivity contribution in [3.8, 4) is 0 Å². The van der Waals surface area contributed by atoms with Crippen molar-refractivity contribution in [3.63, 3.8) is 0 Å². The zero-order chi connectivity index (χ0) is 14.6. The van der Waals surface area contributed by atoms with Crippen molar-refractivity contribution in [1.82, 2.24) is 10.2 Å². The standard InChI is InChI=1S/C14H20N2O3S/c1-2-14(12(17)18)6-3-8-16(14)13(19)15-7-4-11-5-9-20-10-11/h5,9-10H,2-4,6-8H2,1H3,(H,15,19)(H,17,18). The van der Waals surface area contributed by atoms with Crippen LogP contribution < -0.4 is 5.32 Å². The lowest BCUT2D eigenvalue weighted by Crippen LogP contribution is -2.55. The molecule has 20 heavy (non-hydrogen) atoms. The van der Waals surface area contributed by atoms with E-state index in [1.165, 1.54) is 10.5 Å². The Labute approximate surface area is 122 Å². The molecule has 2 N–H and O–H groups in total. The highest BCUT2D eigenvalue weighted by Gasteiger charge is 2.48. The molecular weight excluding hydrogens is 276 g/mol. The molecule has 2 heterocycles. The molecule has 2 amide bonds. The second-order valence-corrected chi connectivity index (χ2v) is 5.84. The van der Waals surface area contributed by atoms with E-state index < -0.39 is 11.5 Å². The summed E-state index contributed by atoms with van der Waals surface area (Å²) >= 11 is 1.63. The Bertz CT molecular complexity index is 475. The van der Waals surface area contributed by atoms with Crippen LogP contribution in [0.25, 0.3) is 0 Å². The van der Waals surface area contributed by atoms with Crippen LogP contribution in [0.15, 0.2) is 16.8 Å². The van der Waals surface area contributed by atoms with Crippen LogP contribution in [0.5, 0.6) is 0 Å². The fourth-order valence-corrected chi connectivity index (χ4v) is 3.46. The SMILES string of the molecule is CCC1(C(=O)O)CCCN1C(=O)NCCc1ccsc1. The molecule has 110 valence electrons. The molecule has 2 rings (SSSR count). The van der Waals surface area contributed by atoms with E-state index in [1.54, 1.807) is 11.3 Å². The molecule has 0 saturated carbocycles. The highest BCUT2D eigenvalue weighted by atomic mass is 32.1. The third-order valence-corrected chi connectivity index (χ3v) is 4.72. The third kappa shape index (κ3) is 2.80. The first-order chi connectivity index (χ1) is 9.60. The summed E-state index contributed by atoms with van der Waals surface area (Å²) in [5.41, 5.74) is 0.170. The van der Waals surface area contributed by atoms with Gasteiger partial charge in [0.1, 0.15) is 5.54 Å². The summed E-state index contributed by atoms with van der Waals surface area (Å²) in [4.78, 5) is 25.2. The van der Waals surface area contributed by atoms with Crippen LogP contribution in [0.4, 0.5) is 4.79 Å². The molecule has 0 spiro atoms. The molecule has 0 bridgehead atoms. The number of carbonyl (C=O) groups is 2. The summed E-state index contributed by atoms with van der Waals surface area (Å²) in [6, 6.07) is 1.77. The summed E-state index contributed by atoms with van der Waals surface area (Å²) in [5, 5.41) is 16.3. The highest BCUT2D eigenvalue weighted by Crippen LogP contribution is 2.32. The number of hydrogen-bond donors (Lipinski definition) is 2. The lowest BCUT2D eigenvalue weighted by Gasteiger charge is -2.33. The molecule has 0 aromatic carbocycles. The Kier molecular flexibility index (Phi) is 4.65. The van der Waals surface area contributed by atoms with Crippen molar-refractivity contribution in [1.29, 1.82) is 0 Å². The number of aliphatic carboxylic acids is 1. The second-order valence-electron chi connectivity index (χ2n) is 5.06. The van der Waals surface area contributed by atoms with Gasteiger partial charge in [-0.2, -0.15) is 11.3 Å². The summed E-state index contributed by atoms with van der Waals surface area (Å²) in [7, 11) is 0. The van der Waals surface area contributed by atoms with Crippen LogP contribution in [0.2, 0.25) is 0 Å². The molecular formula is C14H20N2O3S. The van der Waals surface area contributed by atoms with Gasteiger partial charge in [0.25, 0.3) is 0 Å². The molecule has 1 atom stereocenters. The average molecular weight is 296 g/mol. The van der Waals surface area contributed by atoms with E-state index in [9.17, 15) is 14.7 Å². The molecule has 1 aromatic rings. The number of carbonyl (C=O) groups excluding carboxylic acids is 1. The number of carboxylic acid groups (broad SMARTS) is 1. The van der Waals surface area contributed by atoms with Gasteiger partial charge in [0.05, 0.1) is 0 Å². The van der Waals surface area contributed by atoms with Gasteiger partial charge in [-0.15, -0.1) is 0 Å². The number of rotatable bonds is 5. The predicted octanol–water partition coefficient (Wildman–Crippen LogP) is 2.33. The molecule has 1 saturated heterocycles. The van der Waals surface area contributed by atoms with Crippen LogP contribution >= 0.6 is 11.3 Å². The monoisotopic (exact) mass is 296 g/mol. The first kappa shape index (κ1) is 14.8. The predicted molar refractivity (Wildman–Crippen MR) is 78.0 cm³/mol. The van der Waals surface area contributed by atoms with Crippen molar-refractivity contribution >= 4 is 23.3 Å². The molecule has 1 aromatic heterocycles. The average Bonchev–Trinajstić information content (AvgIpc) is 3.07. The Morgan fingerprint density at radius 2 is 2.35 bits per heavy atom. The number of thiophene rings is 1. The van der Waals surface area contributed by atoms with E-state index in [0.717, 1.165) is 12.8 Å². The van der Waals surface area contributed by atoms with Crippen molar-refractivity contribution in [3.05, 3.63) is 22.4 Å². The van der Waals surface area contributed by atoms with Gasteiger partial charge in [-0.05, 0) is 48.1 Å². The van der Waals surface area contributed by atoms with E-state index >= 15 is 0 Å². The van der Waals surface area contributed by atoms with Gasteiger partial charge in [-0.1, -0.05) is 6.92 Å². The van der Waals surface area contributed by atoms with E-state index in [4.69, 9.17) is 0 Å². The first-order valence-corrected chi connectivity index (χ1v) is 7.84. The maximum atomic E-state index is 12.2. The number of amides is 2. The van der Waals surface area contributed by atoms with Gasteiger partial charge >= 0.3 is 12.0 Å². The quantitative estimate of drug-likeness (QED) is 0.876. The second kappa shape index (κ2) is 6.26. The Morgan fingerprint density at radius 3 is 2.95 bits per heavy atom. The number of carboxylic acids is 1. The molecule has 6 heteroatoms. The van der Waals surface area contributed by atoms with Gasteiger partial charge < -0.3 is 15.3 Å². The van der Waals surface area contributed by atoms with Crippen molar-refractivity contribution < 1.29 is 14.7 Å². The summed E-state index contributed by atoms with van der Waals surface area (Å²) < 4.78 is 0. The minimum atomic E-state index is -1.02. The Balaban J connectivity index is 1.92. The van der Waals surface area contributed by atoms with Crippen LogP contribution in [-0.4, -0.2) is 40.6 Å². The summed E-state index contributed by atoms with van der Waals surface area (Å²) in [6.07, 6.45) is 2.50. The minimum absolute atomic E-state index is 0.262. The van der Waals surface area contributed by atoms with Gasteiger partial charge in [0.15, 0.2) is 0 Å². The number of likely N-dealkylation sites (tertiary alicyclic amines) is 1. The van der Waals surface area contributed by atoms with Crippen molar-refractivity contribution in [2.45, 2.75) is 38.1 Å². The lowest BCUT2D eigenvalue weighted by molar-refractivity contribution is -0.148. The number of nitrogens with one attached hydrogen (secondary N) is 1. The van der Waals surface area contributed by atoms with Gasteiger partial charge in [-0.3, -0.25) is 0 Å². The number of urea groups is 1. The fraction of sp³-hybridized carbons (Fsp3) is 0.571. The molecule has 0 aliphatic carbocycles. The van der Waals surface area contributed by atoms with Crippen molar-refractivity contribution in [2.75, 3.05) is 13.1 Å². The van der Waals surface area contributed by atoms with Crippen LogP contribution in [0.1, 0.15) is 31.7 Å². The number of hydrogen-bond acceptors (Lipinski definition) is 3. The Morgan fingerprint density at radius 1 is 1.55 bits per heavy atom. The van der Waals surface area contributed by atoms with E-state index in [1.807, 2.05) is 18.4 Å². The normalized spacial score (nSPS) is 21.9. The van der Waals surface area contributed by atoms with E-state index in [2.05, 4.69) is 10.7 Å². The van der Waals surface area contributed by atoms with E-state index in [0.29, 0.717) is 25.9 Å². The van der Waals surface area contributed by atoms with E-state index in [-0.39, 0.29) is 6.03 Å². The maximum Gasteiger partial charge on any atom is 0.329 e. The fourth-order valence-electron chi connectivity index (χ4n) is 2.76. The largest absolute Gasteiger partial charge is 0.479 e. The van der Waals surface area contributed by atoms with Crippen LogP contribution in [-0.2, 0) is 11.2 Å². The molecule has 1 fully saturated rings. The van der Waals surface area contributed by atoms with Crippen molar-refractivity contribution in [2.24, 2.45) is 0 Å². The molecule has 1 aliphatic rings. The topological polar surface area (TPSA) is 69.6 Å².